The van der Waals surface area contributed by atoms with E-state index in [2.05, 4.69) is 20.4 Å². The molecule has 0 aromatic carbocycles. The van der Waals surface area contributed by atoms with E-state index in [4.69, 9.17) is 9.26 Å². The molecule has 0 radical (unpaired) electrons. The first-order chi connectivity index (χ1) is 13.1. The minimum atomic E-state index is -0.0961. The van der Waals surface area contributed by atoms with Crippen molar-refractivity contribution in [1.82, 2.24) is 15.5 Å². The van der Waals surface area contributed by atoms with E-state index in [1.165, 1.54) is 0 Å². The minimum absolute atomic E-state index is 0.0961. The monoisotopic (exact) mass is 372 g/mol. The summed E-state index contributed by atoms with van der Waals surface area (Å²) in [6.07, 6.45) is 5.76. The summed E-state index contributed by atoms with van der Waals surface area (Å²) in [4.78, 5) is 19.0. The number of carbonyl (C=O) groups is 1. The van der Waals surface area contributed by atoms with E-state index < -0.39 is 0 Å². The summed E-state index contributed by atoms with van der Waals surface area (Å²) in [5, 5.41) is 6.90. The molecule has 1 saturated heterocycles. The van der Waals surface area contributed by atoms with Gasteiger partial charge in [0.1, 0.15) is 11.6 Å². The van der Waals surface area contributed by atoms with Crippen molar-refractivity contribution in [3.8, 4) is 0 Å². The van der Waals surface area contributed by atoms with E-state index in [1.807, 2.05) is 26.0 Å². The highest BCUT2D eigenvalue weighted by molar-refractivity contribution is 5.94. The molecule has 0 aliphatic carbocycles. The summed E-state index contributed by atoms with van der Waals surface area (Å²) in [6, 6.07) is 3.75. The van der Waals surface area contributed by atoms with Gasteiger partial charge in [0.2, 0.25) is 0 Å². The van der Waals surface area contributed by atoms with Crippen LogP contribution in [0.4, 0.5) is 5.82 Å². The van der Waals surface area contributed by atoms with Crippen molar-refractivity contribution in [3.05, 3.63) is 40.9 Å². The Bertz CT molecular complexity index is 738. The van der Waals surface area contributed by atoms with Crippen molar-refractivity contribution in [2.45, 2.75) is 45.6 Å². The summed E-state index contributed by atoms with van der Waals surface area (Å²) in [5.74, 6) is 1.65. The summed E-state index contributed by atoms with van der Waals surface area (Å²) in [6.45, 7) is 6.27. The van der Waals surface area contributed by atoms with Gasteiger partial charge >= 0.3 is 0 Å². The van der Waals surface area contributed by atoms with Crippen LogP contribution >= 0.6 is 0 Å². The fourth-order valence-electron chi connectivity index (χ4n) is 3.47. The maximum atomic E-state index is 12.3. The van der Waals surface area contributed by atoms with Crippen molar-refractivity contribution in [2.75, 3.05) is 31.6 Å². The number of piperidine rings is 1. The lowest BCUT2D eigenvalue weighted by Gasteiger charge is -2.32. The standard InChI is InChI=1S/C20H28N4O3/c1-14-18(15(2)27-23-14)7-4-10-21-20(25)16-8-9-19(22-12-16)24-11-5-6-17(13-24)26-3/h8-9,12,17H,4-7,10-11,13H2,1-3H3,(H,21,25)/t17-/m0/s1. The normalized spacial score (nSPS) is 17.1. The first-order valence-electron chi connectivity index (χ1n) is 9.52. The van der Waals surface area contributed by atoms with Crippen LogP contribution in [0.15, 0.2) is 22.9 Å². The maximum Gasteiger partial charge on any atom is 0.252 e. The largest absolute Gasteiger partial charge is 0.380 e. The number of pyridine rings is 1. The Balaban J connectivity index is 1.47. The van der Waals surface area contributed by atoms with Gasteiger partial charge in [-0.25, -0.2) is 4.98 Å². The Morgan fingerprint density at radius 3 is 2.93 bits per heavy atom. The molecule has 1 aliphatic rings. The molecular weight excluding hydrogens is 344 g/mol. The molecule has 7 heteroatoms. The number of amides is 1. The third-order valence-corrected chi connectivity index (χ3v) is 5.12. The average Bonchev–Trinajstić information content (AvgIpc) is 3.03. The van der Waals surface area contributed by atoms with Gasteiger partial charge in [0.15, 0.2) is 0 Å². The number of aromatic nitrogens is 2. The zero-order chi connectivity index (χ0) is 19.2. The number of nitrogens with zero attached hydrogens (tertiary/aromatic N) is 3. The van der Waals surface area contributed by atoms with Crippen molar-refractivity contribution in [3.63, 3.8) is 0 Å². The average molecular weight is 372 g/mol. The highest BCUT2D eigenvalue weighted by Crippen LogP contribution is 2.19. The van der Waals surface area contributed by atoms with E-state index in [1.54, 1.807) is 13.3 Å². The Kier molecular flexibility index (Phi) is 6.45. The van der Waals surface area contributed by atoms with Gasteiger partial charge in [0, 0.05) is 38.5 Å². The molecule has 27 heavy (non-hydrogen) atoms. The van der Waals surface area contributed by atoms with Crippen molar-refractivity contribution >= 4 is 11.7 Å². The van der Waals surface area contributed by atoms with Crippen LogP contribution in [0.2, 0.25) is 0 Å². The van der Waals surface area contributed by atoms with E-state index >= 15 is 0 Å². The number of anilines is 1. The van der Waals surface area contributed by atoms with Crippen LogP contribution in [-0.4, -0.2) is 48.9 Å². The van der Waals surface area contributed by atoms with Crippen LogP contribution in [-0.2, 0) is 11.2 Å². The van der Waals surface area contributed by atoms with Gasteiger partial charge in [0.25, 0.3) is 5.91 Å². The first-order valence-corrected chi connectivity index (χ1v) is 9.52. The van der Waals surface area contributed by atoms with Gasteiger partial charge in [0.05, 0.1) is 17.4 Å². The molecule has 0 spiro atoms. The molecular formula is C20H28N4O3. The number of nitrogens with one attached hydrogen (secondary N) is 1. The lowest BCUT2D eigenvalue weighted by molar-refractivity contribution is 0.0891. The van der Waals surface area contributed by atoms with Crippen LogP contribution in [0.3, 0.4) is 0 Å². The van der Waals surface area contributed by atoms with Gasteiger partial charge < -0.3 is 19.5 Å². The van der Waals surface area contributed by atoms with Crippen LogP contribution in [0.5, 0.6) is 0 Å². The number of hydrogen-bond acceptors (Lipinski definition) is 6. The predicted octanol–water partition coefficient (Wildman–Crippen LogP) is 2.66. The predicted molar refractivity (Wildman–Crippen MR) is 103 cm³/mol. The number of carbonyl (C=O) groups excluding carboxylic acids is 1. The topological polar surface area (TPSA) is 80.5 Å². The molecule has 1 fully saturated rings. The Hall–Kier alpha value is -2.41. The molecule has 0 saturated carbocycles. The maximum absolute atomic E-state index is 12.3. The number of rotatable bonds is 7. The number of hydrogen-bond donors (Lipinski definition) is 1. The van der Waals surface area contributed by atoms with E-state index in [9.17, 15) is 4.79 Å². The second-order valence-corrected chi connectivity index (χ2v) is 7.01. The molecule has 1 atom stereocenters. The number of methoxy groups -OCH3 is 1. The molecule has 0 bridgehead atoms. The fourth-order valence-corrected chi connectivity index (χ4v) is 3.47. The molecule has 7 nitrogen and oxygen atoms in total. The molecule has 146 valence electrons. The van der Waals surface area contributed by atoms with Crippen LogP contribution < -0.4 is 10.2 Å². The SMILES string of the molecule is CO[C@H]1CCCN(c2ccc(C(=O)NCCCc3c(C)noc3C)cn2)C1. The number of aryl methyl sites for hydroxylation is 2. The molecule has 3 heterocycles. The van der Waals surface area contributed by atoms with Gasteiger partial charge in [-0.2, -0.15) is 0 Å². The smallest absolute Gasteiger partial charge is 0.252 e. The van der Waals surface area contributed by atoms with Crippen LogP contribution in [0.25, 0.3) is 0 Å². The Morgan fingerprint density at radius 1 is 1.41 bits per heavy atom. The highest BCUT2D eigenvalue weighted by atomic mass is 16.5. The van der Waals surface area contributed by atoms with Gasteiger partial charge in [-0.3, -0.25) is 4.79 Å². The third-order valence-electron chi connectivity index (χ3n) is 5.12. The van der Waals surface area contributed by atoms with Crippen LogP contribution in [0, 0.1) is 13.8 Å². The lowest BCUT2D eigenvalue weighted by atomic mass is 10.1. The Labute approximate surface area is 160 Å². The second kappa shape index (κ2) is 8.99. The number of ether oxygens (including phenoxy) is 1. The van der Waals surface area contributed by atoms with E-state index in [-0.39, 0.29) is 12.0 Å². The first kappa shape index (κ1) is 19.4. The van der Waals surface area contributed by atoms with Gasteiger partial charge in [-0.15, -0.1) is 0 Å². The van der Waals surface area contributed by atoms with Crippen molar-refractivity contribution in [1.29, 1.82) is 0 Å². The third kappa shape index (κ3) is 4.86. The molecule has 2 aromatic heterocycles. The highest BCUT2D eigenvalue weighted by Gasteiger charge is 2.20. The molecule has 1 N–H and O–H groups in total. The van der Waals surface area contributed by atoms with Gasteiger partial charge in [-0.05, 0) is 51.7 Å². The zero-order valence-electron chi connectivity index (χ0n) is 16.3. The van der Waals surface area contributed by atoms with Gasteiger partial charge in [-0.1, -0.05) is 5.16 Å². The summed E-state index contributed by atoms with van der Waals surface area (Å²) < 4.78 is 10.6. The summed E-state index contributed by atoms with van der Waals surface area (Å²) >= 11 is 0. The quantitative estimate of drug-likeness (QED) is 0.753. The molecule has 1 aliphatic heterocycles. The fraction of sp³-hybridized carbons (Fsp3) is 0.550. The molecule has 3 rings (SSSR count). The molecule has 1 amide bonds. The van der Waals surface area contributed by atoms with Crippen molar-refractivity contribution in [2.24, 2.45) is 0 Å². The molecule has 2 aromatic rings. The van der Waals surface area contributed by atoms with E-state index in [0.29, 0.717) is 12.1 Å². The van der Waals surface area contributed by atoms with Crippen LogP contribution in [0.1, 0.15) is 46.6 Å². The molecule has 0 unspecified atom stereocenters. The Morgan fingerprint density at radius 2 is 2.26 bits per heavy atom. The second-order valence-electron chi connectivity index (χ2n) is 7.01. The van der Waals surface area contributed by atoms with Crippen molar-refractivity contribution < 1.29 is 14.1 Å². The minimum Gasteiger partial charge on any atom is -0.380 e. The zero-order valence-corrected chi connectivity index (χ0v) is 16.3. The summed E-state index contributed by atoms with van der Waals surface area (Å²) in [5.41, 5.74) is 2.63. The van der Waals surface area contributed by atoms with E-state index in [0.717, 1.165) is 61.6 Å². The summed E-state index contributed by atoms with van der Waals surface area (Å²) in [7, 11) is 1.75. The lowest BCUT2D eigenvalue weighted by Crippen LogP contribution is -2.39.